The highest BCUT2D eigenvalue weighted by atomic mass is 19.4. The van der Waals surface area contributed by atoms with Gasteiger partial charge >= 0.3 is 12.3 Å². The van der Waals surface area contributed by atoms with Crippen LogP contribution in [0.2, 0.25) is 0 Å². The van der Waals surface area contributed by atoms with Crippen LogP contribution in [-0.2, 0) is 4.79 Å². The van der Waals surface area contributed by atoms with E-state index in [4.69, 9.17) is 10.2 Å². The molecule has 0 radical (unpaired) electrons. The second-order valence-electron chi connectivity index (χ2n) is 4.71. The number of aliphatic carboxylic acids is 1. The molecule has 1 atom stereocenters. The summed E-state index contributed by atoms with van der Waals surface area (Å²) in [5.74, 6) is -3.48. The molecule has 0 saturated carbocycles. The number of aliphatic hydroxyl groups excluding tert-OH is 1. The van der Waals surface area contributed by atoms with Crippen molar-refractivity contribution in [2.75, 3.05) is 6.61 Å². The Labute approximate surface area is 128 Å². The van der Waals surface area contributed by atoms with E-state index >= 15 is 0 Å². The molecule has 0 fully saturated rings. The number of carbonyl (C=O) groups is 2. The van der Waals surface area contributed by atoms with Gasteiger partial charge in [-0.3, -0.25) is 4.79 Å². The number of fused-ring (bicyclic) bond motifs is 1. The van der Waals surface area contributed by atoms with Crippen molar-refractivity contribution in [2.24, 2.45) is 0 Å². The monoisotopic (exact) mass is 327 g/mol. The molecule has 5 nitrogen and oxygen atoms in total. The number of hydrogen-bond acceptors (Lipinski definition) is 3. The molecular weight excluding hydrogens is 315 g/mol. The lowest BCUT2D eigenvalue weighted by molar-refractivity contribution is -0.240. The van der Waals surface area contributed by atoms with Gasteiger partial charge in [-0.25, -0.2) is 9.69 Å². The number of rotatable bonds is 4. The molecule has 0 saturated heterocycles. The van der Waals surface area contributed by atoms with Crippen molar-refractivity contribution < 1.29 is 33.0 Å². The molecule has 0 aliphatic carbocycles. The third kappa shape index (κ3) is 3.26. The van der Waals surface area contributed by atoms with Crippen LogP contribution in [0.3, 0.4) is 0 Å². The number of nitrogens with zero attached hydrogens (tertiary/aromatic N) is 1. The molecule has 8 heteroatoms. The Hall–Kier alpha value is -2.61. The second-order valence-corrected chi connectivity index (χ2v) is 4.71. The molecule has 0 aliphatic heterocycles. The van der Waals surface area contributed by atoms with Crippen molar-refractivity contribution in [1.82, 2.24) is 4.90 Å². The number of benzene rings is 2. The summed E-state index contributed by atoms with van der Waals surface area (Å²) >= 11 is 0. The molecule has 1 unspecified atom stereocenters. The van der Waals surface area contributed by atoms with E-state index < -0.39 is 35.7 Å². The van der Waals surface area contributed by atoms with E-state index in [0.29, 0.717) is 5.39 Å². The largest absolute Gasteiger partial charge is 0.488 e. The normalized spacial score (nSPS) is 12.9. The second kappa shape index (κ2) is 6.25. The summed E-state index contributed by atoms with van der Waals surface area (Å²) in [5, 5.41) is 18.6. The fraction of sp³-hybridized carbons (Fsp3) is 0.200. The van der Waals surface area contributed by atoms with Crippen LogP contribution >= 0.6 is 0 Å². The molecule has 0 heterocycles. The molecular formula is C15H12F3NO4. The summed E-state index contributed by atoms with van der Waals surface area (Å²) in [6, 6.07) is 8.07. The van der Waals surface area contributed by atoms with Crippen LogP contribution in [0.1, 0.15) is 10.4 Å². The number of carboxylic acids is 1. The third-order valence-corrected chi connectivity index (χ3v) is 3.28. The van der Waals surface area contributed by atoms with Gasteiger partial charge in [0.1, 0.15) is 0 Å². The zero-order valence-electron chi connectivity index (χ0n) is 11.6. The number of alkyl halides is 3. The molecule has 2 rings (SSSR count). The van der Waals surface area contributed by atoms with Crippen molar-refractivity contribution in [1.29, 1.82) is 0 Å². The average molecular weight is 327 g/mol. The fourth-order valence-electron chi connectivity index (χ4n) is 2.25. The molecule has 2 aromatic carbocycles. The van der Waals surface area contributed by atoms with Crippen molar-refractivity contribution in [3.63, 3.8) is 0 Å². The zero-order valence-corrected chi connectivity index (χ0v) is 11.6. The Morgan fingerprint density at radius 2 is 1.70 bits per heavy atom. The standard InChI is InChI=1S/C15H12F3NO4/c16-15(17,18)19(12(8-20)14(22)23)13(21)11-7-3-5-9-4-1-2-6-10(9)11/h1-7,12,20H,8H2,(H,22,23). The average Bonchev–Trinajstić information content (AvgIpc) is 2.49. The Kier molecular flexibility index (Phi) is 4.55. The third-order valence-electron chi connectivity index (χ3n) is 3.28. The SMILES string of the molecule is O=C(O)C(CO)N(C(=O)c1cccc2ccccc12)C(F)(F)F. The summed E-state index contributed by atoms with van der Waals surface area (Å²) in [7, 11) is 0. The maximum absolute atomic E-state index is 13.2. The highest BCUT2D eigenvalue weighted by molar-refractivity contribution is 6.08. The van der Waals surface area contributed by atoms with Crippen LogP contribution in [0.4, 0.5) is 13.2 Å². The highest BCUT2D eigenvalue weighted by Gasteiger charge is 2.48. The lowest BCUT2D eigenvalue weighted by Gasteiger charge is -2.29. The molecule has 1 amide bonds. The fourth-order valence-corrected chi connectivity index (χ4v) is 2.25. The van der Waals surface area contributed by atoms with E-state index in [1.54, 1.807) is 24.3 Å². The number of carboxylic acid groups (broad SMARTS) is 1. The van der Waals surface area contributed by atoms with Gasteiger partial charge in [0.15, 0.2) is 6.04 Å². The Morgan fingerprint density at radius 3 is 2.26 bits per heavy atom. The first-order valence-electron chi connectivity index (χ1n) is 6.49. The molecule has 122 valence electrons. The Morgan fingerprint density at radius 1 is 1.09 bits per heavy atom. The molecule has 23 heavy (non-hydrogen) atoms. The van der Waals surface area contributed by atoms with Gasteiger partial charge in [-0.2, -0.15) is 0 Å². The van der Waals surface area contributed by atoms with Gasteiger partial charge < -0.3 is 10.2 Å². The van der Waals surface area contributed by atoms with E-state index in [1.807, 2.05) is 0 Å². The molecule has 0 aliphatic rings. The Bertz CT molecular complexity index is 740. The maximum Gasteiger partial charge on any atom is 0.488 e. The Balaban J connectivity index is 2.59. The first-order chi connectivity index (χ1) is 10.8. The lowest BCUT2D eigenvalue weighted by atomic mass is 10.0. The summed E-state index contributed by atoms with van der Waals surface area (Å²) in [6.07, 6.45) is -5.25. The van der Waals surface area contributed by atoms with Gasteiger partial charge in [0.05, 0.1) is 6.61 Å². The van der Waals surface area contributed by atoms with Crippen LogP contribution in [0.5, 0.6) is 0 Å². The molecule has 2 aromatic rings. The van der Waals surface area contributed by atoms with Crippen LogP contribution in [0, 0.1) is 0 Å². The van der Waals surface area contributed by atoms with E-state index in [2.05, 4.69) is 0 Å². The van der Waals surface area contributed by atoms with Gasteiger partial charge in [0.25, 0.3) is 5.91 Å². The number of aliphatic hydroxyl groups is 1. The van der Waals surface area contributed by atoms with Crippen molar-refractivity contribution >= 4 is 22.6 Å². The van der Waals surface area contributed by atoms with Crippen molar-refractivity contribution in [3.05, 3.63) is 48.0 Å². The molecule has 0 bridgehead atoms. The van der Waals surface area contributed by atoms with Gasteiger partial charge in [-0.15, -0.1) is 13.2 Å². The highest BCUT2D eigenvalue weighted by Crippen LogP contribution is 2.29. The van der Waals surface area contributed by atoms with Gasteiger partial charge in [0, 0.05) is 5.56 Å². The summed E-state index contributed by atoms with van der Waals surface area (Å²) in [5.41, 5.74) is -0.292. The number of carbonyl (C=O) groups excluding carboxylic acids is 1. The molecule has 2 N–H and O–H groups in total. The van der Waals surface area contributed by atoms with Gasteiger partial charge in [-0.05, 0) is 16.8 Å². The molecule has 0 aromatic heterocycles. The first kappa shape index (κ1) is 16.8. The van der Waals surface area contributed by atoms with Crippen LogP contribution in [-0.4, -0.2) is 45.9 Å². The van der Waals surface area contributed by atoms with E-state index in [1.165, 1.54) is 18.2 Å². The minimum absolute atomic E-state index is 0.260. The van der Waals surface area contributed by atoms with Crippen molar-refractivity contribution in [3.8, 4) is 0 Å². The summed E-state index contributed by atoms with van der Waals surface area (Å²) < 4.78 is 39.6. The summed E-state index contributed by atoms with van der Waals surface area (Å²) in [4.78, 5) is 22.5. The number of hydrogen-bond donors (Lipinski definition) is 2. The predicted molar refractivity (Wildman–Crippen MR) is 74.7 cm³/mol. The molecule has 0 spiro atoms. The lowest BCUT2D eigenvalue weighted by Crippen LogP contribution is -2.54. The zero-order chi connectivity index (χ0) is 17.2. The van der Waals surface area contributed by atoms with Gasteiger partial charge in [-0.1, -0.05) is 36.4 Å². The van der Waals surface area contributed by atoms with E-state index in [9.17, 15) is 22.8 Å². The van der Waals surface area contributed by atoms with Crippen LogP contribution in [0.15, 0.2) is 42.5 Å². The smallest absolute Gasteiger partial charge is 0.480 e. The van der Waals surface area contributed by atoms with E-state index in [-0.39, 0.29) is 10.9 Å². The van der Waals surface area contributed by atoms with Crippen LogP contribution < -0.4 is 0 Å². The number of amides is 1. The minimum atomic E-state index is -5.25. The topological polar surface area (TPSA) is 77.8 Å². The van der Waals surface area contributed by atoms with Crippen LogP contribution in [0.25, 0.3) is 10.8 Å². The van der Waals surface area contributed by atoms with Gasteiger partial charge in [0.2, 0.25) is 0 Å². The van der Waals surface area contributed by atoms with Crippen molar-refractivity contribution in [2.45, 2.75) is 12.3 Å². The number of halogens is 3. The summed E-state index contributed by atoms with van der Waals surface area (Å²) in [6.45, 7) is -1.36. The maximum atomic E-state index is 13.2. The quantitative estimate of drug-likeness (QED) is 0.844. The first-order valence-corrected chi connectivity index (χ1v) is 6.49. The minimum Gasteiger partial charge on any atom is -0.480 e. The van der Waals surface area contributed by atoms with E-state index in [0.717, 1.165) is 0 Å². The predicted octanol–water partition coefficient (Wildman–Crippen LogP) is 2.25.